The first kappa shape index (κ1) is 19.1. The molecular formula is C18H29N5O2. The fourth-order valence-electron chi connectivity index (χ4n) is 2.85. The third-order valence-electron chi connectivity index (χ3n) is 4.19. The van der Waals surface area contributed by atoms with Gasteiger partial charge in [-0.2, -0.15) is 0 Å². The molecule has 7 nitrogen and oxygen atoms in total. The van der Waals surface area contributed by atoms with Crippen molar-refractivity contribution < 1.29 is 9.59 Å². The van der Waals surface area contributed by atoms with E-state index in [0.717, 1.165) is 5.56 Å². The second kappa shape index (κ2) is 7.80. The minimum absolute atomic E-state index is 0.00645. The molecule has 1 aliphatic heterocycles. The normalized spacial score (nSPS) is 15.0. The van der Waals surface area contributed by atoms with Gasteiger partial charge in [0.15, 0.2) is 0 Å². The SMILES string of the molecule is CC(C)Cc1nc(NC(C(=O)N(C)C)C(C)C)c2c(n1)C(=O)NCC2. The van der Waals surface area contributed by atoms with Crippen LogP contribution in [0.5, 0.6) is 0 Å². The Balaban J connectivity index is 2.45. The van der Waals surface area contributed by atoms with Crippen LogP contribution in [0.4, 0.5) is 5.82 Å². The minimum Gasteiger partial charge on any atom is -0.358 e. The maximum absolute atomic E-state index is 12.5. The molecule has 7 heteroatoms. The number of hydrogen-bond donors (Lipinski definition) is 2. The number of amides is 2. The lowest BCUT2D eigenvalue weighted by atomic mass is 10.0. The molecule has 0 saturated heterocycles. The van der Waals surface area contributed by atoms with Gasteiger partial charge in [0, 0.05) is 32.6 Å². The quantitative estimate of drug-likeness (QED) is 0.814. The Morgan fingerprint density at radius 3 is 2.48 bits per heavy atom. The van der Waals surface area contributed by atoms with Crippen molar-refractivity contribution in [1.29, 1.82) is 0 Å². The zero-order chi connectivity index (χ0) is 18.7. The van der Waals surface area contributed by atoms with Crippen molar-refractivity contribution in [3.05, 3.63) is 17.1 Å². The lowest BCUT2D eigenvalue weighted by Crippen LogP contribution is -2.43. The van der Waals surface area contributed by atoms with E-state index >= 15 is 0 Å². The van der Waals surface area contributed by atoms with Gasteiger partial charge in [0.25, 0.3) is 5.91 Å². The number of carbonyl (C=O) groups is 2. The molecule has 0 radical (unpaired) electrons. The van der Waals surface area contributed by atoms with Crippen molar-refractivity contribution in [3.8, 4) is 0 Å². The summed E-state index contributed by atoms with van der Waals surface area (Å²) < 4.78 is 0. The first-order chi connectivity index (χ1) is 11.7. The summed E-state index contributed by atoms with van der Waals surface area (Å²) in [7, 11) is 3.49. The lowest BCUT2D eigenvalue weighted by molar-refractivity contribution is -0.130. The average molecular weight is 347 g/mol. The number of nitrogens with one attached hydrogen (secondary N) is 2. The molecule has 0 spiro atoms. The maximum Gasteiger partial charge on any atom is 0.270 e. The average Bonchev–Trinajstić information content (AvgIpc) is 2.51. The summed E-state index contributed by atoms with van der Waals surface area (Å²) in [5, 5.41) is 6.13. The van der Waals surface area contributed by atoms with Crippen LogP contribution < -0.4 is 10.6 Å². The van der Waals surface area contributed by atoms with E-state index in [9.17, 15) is 9.59 Å². The van der Waals surface area contributed by atoms with Gasteiger partial charge in [-0.05, 0) is 18.3 Å². The monoisotopic (exact) mass is 347 g/mol. The number of anilines is 1. The van der Waals surface area contributed by atoms with Crippen LogP contribution in [-0.2, 0) is 17.6 Å². The summed E-state index contributed by atoms with van der Waals surface area (Å²) in [5.41, 5.74) is 1.23. The van der Waals surface area contributed by atoms with Crippen molar-refractivity contribution in [2.75, 3.05) is 26.0 Å². The predicted octanol–water partition coefficient (Wildman–Crippen LogP) is 1.49. The largest absolute Gasteiger partial charge is 0.358 e. The van der Waals surface area contributed by atoms with Gasteiger partial charge in [-0.3, -0.25) is 9.59 Å². The molecule has 2 N–H and O–H groups in total. The van der Waals surface area contributed by atoms with Gasteiger partial charge in [-0.15, -0.1) is 0 Å². The molecule has 1 aliphatic rings. The van der Waals surface area contributed by atoms with Gasteiger partial charge in [-0.25, -0.2) is 9.97 Å². The summed E-state index contributed by atoms with van der Waals surface area (Å²) in [6, 6.07) is -0.397. The van der Waals surface area contributed by atoms with E-state index in [2.05, 4.69) is 34.4 Å². The first-order valence-electron chi connectivity index (χ1n) is 8.86. The summed E-state index contributed by atoms with van der Waals surface area (Å²) in [6.07, 6.45) is 1.34. The molecule has 0 bridgehead atoms. The molecule has 1 unspecified atom stereocenters. The zero-order valence-electron chi connectivity index (χ0n) is 16.0. The number of fused-ring (bicyclic) bond motifs is 1. The highest BCUT2D eigenvalue weighted by Gasteiger charge is 2.29. The van der Waals surface area contributed by atoms with Gasteiger partial charge < -0.3 is 15.5 Å². The van der Waals surface area contributed by atoms with E-state index in [1.54, 1.807) is 19.0 Å². The molecule has 1 atom stereocenters. The number of nitrogens with zero attached hydrogens (tertiary/aromatic N) is 3. The molecule has 138 valence electrons. The zero-order valence-corrected chi connectivity index (χ0v) is 16.0. The van der Waals surface area contributed by atoms with E-state index in [1.165, 1.54) is 0 Å². The third-order valence-corrected chi connectivity index (χ3v) is 4.19. The van der Waals surface area contributed by atoms with Crippen molar-refractivity contribution in [1.82, 2.24) is 20.2 Å². The standard InChI is InChI=1S/C18H29N5O2/c1-10(2)9-13-20-15-12(7-8-19-17(15)24)16(21-13)22-14(11(3)4)18(25)23(5)6/h10-11,14H,7-9H2,1-6H3,(H,19,24)(H,20,21,22). The van der Waals surface area contributed by atoms with Crippen LogP contribution in [0.25, 0.3) is 0 Å². The van der Waals surface area contributed by atoms with Crippen LogP contribution in [0.2, 0.25) is 0 Å². The van der Waals surface area contributed by atoms with E-state index in [0.29, 0.717) is 42.6 Å². The van der Waals surface area contributed by atoms with Crippen LogP contribution in [0, 0.1) is 11.8 Å². The van der Waals surface area contributed by atoms with Crippen LogP contribution >= 0.6 is 0 Å². The Morgan fingerprint density at radius 2 is 1.92 bits per heavy atom. The Hall–Kier alpha value is -2.18. The highest BCUT2D eigenvalue weighted by Crippen LogP contribution is 2.23. The topological polar surface area (TPSA) is 87.2 Å². The minimum atomic E-state index is -0.397. The molecular weight excluding hydrogens is 318 g/mol. The molecule has 2 heterocycles. The molecule has 25 heavy (non-hydrogen) atoms. The van der Waals surface area contributed by atoms with E-state index < -0.39 is 6.04 Å². The molecule has 1 aromatic heterocycles. The molecule has 0 fully saturated rings. The smallest absolute Gasteiger partial charge is 0.270 e. The fourth-order valence-corrected chi connectivity index (χ4v) is 2.85. The number of hydrogen-bond acceptors (Lipinski definition) is 5. The number of aromatic nitrogens is 2. The molecule has 0 saturated carbocycles. The Labute approximate surface area is 149 Å². The fraction of sp³-hybridized carbons (Fsp3) is 0.667. The molecule has 1 aromatic rings. The Morgan fingerprint density at radius 1 is 1.24 bits per heavy atom. The Kier molecular flexibility index (Phi) is 5.98. The number of likely N-dealkylation sites (N-methyl/N-ethyl adjacent to an activating group) is 1. The predicted molar refractivity (Wildman–Crippen MR) is 97.6 cm³/mol. The van der Waals surface area contributed by atoms with Crippen molar-refractivity contribution in [2.24, 2.45) is 11.8 Å². The third kappa shape index (κ3) is 4.46. The van der Waals surface area contributed by atoms with Crippen LogP contribution in [0.15, 0.2) is 0 Å². The van der Waals surface area contributed by atoms with Crippen LogP contribution in [0.3, 0.4) is 0 Å². The van der Waals surface area contributed by atoms with Crippen molar-refractivity contribution in [3.63, 3.8) is 0 Å². The Bertz CT molecular complexity index is 655. The summed E-state index contributed by atoms with van der Waals surface area (Å²) >= 11 is 0. The van der Waals surface area contributed by atoms with Gasteiger partial charge in [0.2, 0.25) is 5.91 Å². The second-order valence-electron chi connectivity index (χ2n) is 7.52. The first-order valence-corrected chi connectivity index (χ1v) is 8.86. The van der Waals surface area contributed by atoms with Crippen molar-refractivity contribution in [2.45, 2.75) is 46.6 Å². The van der Waals surface area contributed by atoms with E-state index in [4.69, 9.17) is 0 Å². The number of rotatable bonds is 6. The molecule has 0 aliphatic carbocycles. The van der Waals surface area contributed by atoms with Gasteiger partial charge in [0.1, 0.15) is 23.4 Å². The highest BCUT2D eigenvalue weighted by atomic mass is 16.2. The van der Waals surface area contributed by atoms with E-state index in [-0.39, 0.29) is 17.7 Å². The summed E-state index contributed by atoms with van der Waals surface area (Å²) in [5.74, 6) is 1.54. The molecule has 2 rings (SSSR count). The highest BCUT2D eigenvalue weighted by molar-refractivity contribution is 5.96. The van der Waals surface area contributed by atoms with Crippen LogP contribution in [0.1, 0.15) is 49.6 Å². The van der Waals surface area contributed by atoms with Gasteiger partial charge >= 0.3 is 0 Å². The second-order valence-corrected chi connectivity index (χ2v) is 7.52. The van der Waals surface area contributed by atoms with Gasteiger partial charge in [-0.1, -0.05) is 27.7 Å². The molecule has 2 amide bonds. The van der Waals surface area contributed by atoms with Crippen LogP contribution in [-0.4, -0.2) is 53.4 Å². The molecule has 0 aromatic carbocycles. The summed E-state index contributed by atoms with van der Waals surface area (Å²) in [6.45, 7) is 8.72. The lowest BCUT2D eigenvalue weighted by Gasteiger charge is -2.27. The van der Waals surface area contributed by atoms with Crippen molar-refractivity contribution >= 4 is 17.6 Å². The number of carbonyl (C=O) groups excluding carboxylic acids is 2. The maximum atomic E-state index is 12.5. The summed E-state index contributed by atoms with van der Waals surface area (Å²) in [4.78, 5) is 35.5. The van der Waals surface area contributed by atoms with Gasteiger partial charge in [0.05, 0.1) is 0 Å². The van der Waals surface area contributed by atoms with E-state index in [1.807, 2.05) is 13.8 Å².